The van der Waals surface area contributed by atoms with Crippen molar-refractivity contribution in [1.29, 1.82) is 0 Å². The third-order valence-electron chi connectivity index (χ3n) is 4.69. The van der Waals surface area contributed by atoms with Crippen molar-refractivity contribution in [3.63, 3.8) is 0 Å². The number of carbonyl (C=O) groups excluding carboxylic acids is 3. The second-order valence-corrected chi connectivity index (χ2v) is 7.21. The van der Waals surface area contributed by atoms with Crippen LogP contribution in [0.1, 0.15) is 54.6 Å². The molecule has 0 spiro atoms. The van der Waals surface area contributed by atoms with E-state index < -0.39 is 5.97 Å². The molecule has 0 saturated carbocycles. The van der Waals surface area contributed by atoms with Gasteiger partial charge in [0.2, 0.25) is 11.8 Å². The number of anilines is 2. The molecule has 0 radical (unpaired) electrons. The summed E-state index contributed by atoms with van der Waals surface area (Å²) in [5.74, 6) is -0.480. The normalized spacial score (nSPS) is 10.6. The third-order valence-corrected chi connectivity index (χ3v) is 4.69. The van der Waals surface area contributed by atoms with Gasteiger partial charge in [-0.05, 0) is 48.2 Å². The number of amides is 2. The minimum atomic E-state index is -0.431. The molecule has 2 aromatic carbocycles. The van der Waals surface area contributed by atoms with Gasteiger partial charge in [-0.25, -0.2) is 4.79 Å². The number of para-hydroxylation sites is 1. The number of nitrogens with one attached hydrogen (secondary N) is 1. The molecule has 0 aliphatic carbocycles. The molecule has 0 aliphatic rings. The highest BCUT2D eigenvalue weighted by molar-refractivity contribution is 5.96. The number of aryl methyl sites for hydroxylation is 1. The van der Waals surface area contributed by atoms with Gasteiger partial charge in [0, 0.05) is 31.3 Å². The Labute approximate surface area is 171 Å². The molecule has 0 unspecified atom stereocenters. The van der Waals surface area contributed by atoms with Gasteiger partial charge >= 0.3 is 5.97 Å². The number of methoxy groups -OCH3 is 1. The maximum atomic E-state index is 12.4. The fourth-order valence-electron chi connectivity index (χ4n) is 3.19. The zero-order valence-electron chi connectivity index (χ0n) is 17.6. The number of benzene rings is 2. The van der Waals surface area contributed by atoms with E-state index in [1.165, 1.54) is 14.0 Å². The molecule has 2 rings (SSSR count). The van der Waals surface area contributed by atoms with Crippen LogP contribution in [0.5, 0.6) is 0 Å². The number of ether oxygens (including phenoxy) is 1. The number of hydrogen-bond acceptors (Lipinski definition) is 4. The average molecular weight is 396 g/mol. The van der Waals surface area contributed by atoms with Crippen LogP contribution in [-0.4, -0.2) is 31.4 Å². The zero-order valence-corrected chi connectivity index (χ0v) is 17.6. The second-order valence-electron chi connectivity index (χ2n) is 7.21. The van der Waals surface area contributed by atoms with Crippen molar-refractivity contribution in [2.24, 2.45) is 0 Å². The summed E-state index contributed by atoms with van der Waals surface area (Å²) in [6, 6.07) is 12.4. The lowest BCUT2D eigenvalue weighted by Crippen LogP contribution is -2.33. The SMILES string of the molecule is COC(=O)c1ccc(NC(=O)CCN(C(C)=O)c2c(C)cccc2C(C)C)cc1. The van der Waals surface area contributed by atoms with Crippen molar-refractivity contribution in [3.05, 3.63) is 59.2 Å². The molecule has 0 fully saturated rings. The van der Waals surface area contributed by atoms with E-state index in [-0.39, 0.29) is 30.7 Å². The Morgan fingerprint density at radius 2 is 1.72 bits per heavy atom. The van der Waals surface area contributed by atoms with E-state index in [0.717, 1.165) is 16.8 Å². The van der Waals surface area contributed by atoms with Crippen LogP contribution in [0.4, 0.5) is 11.4 Å². The first-order valence-corrected chi connectivity index (χ1v) is 9.60. The maximum Gasteiger partial charge on any atom is 0.337 e. The van der Waals surface area contributed by atoms with Gasteiger partial charge in [-0.15, -0.1) is 0 Å². The fourth-order valence-corrected chi connectivity index (χ4v) is 3.19. The summed E-state index contributed by atoms with van der Waals surface area (Å²) in [6.45, 7) is 7.94. The lowest BCUT2D eigenvalue weighted by molar-refractivity contribution is -0.117. The molecule has 0 saturated heterocycles. The fraction of sp³-hybridized carbons (Fsp3) is 0.348. The molecule has 0 heterocycles. The van der Waals surface area contributed by atoms with Crippen molar-refractivity contribution in [2.75, 3.05) is 23.9 Å². The van der Waals surface area contributed by atoms with Crippen LogP contribution in [0.2, 0.25) is 0 Å². The quantitative estimate of drug-likeness (QED) is 0.709. The van der Waals surface area contributed by atoms with Crippen LogP contribution < -0.4 is 10.2 Å². The molecule has 154 valence electrons. The van der Waals surface area contributed by atoms with Gasteiger partial charge in [0.1, 0.15) is 0 Å². The maximum absolute atomic E-state index is 12.4. The minimum Gasteiger partial charge on any atom is -0.465 e. The molecule has 0 aliphatic heterocycles. The molecule has 6 heteroatoms. The largest absolute Gasteiger partial charge is 0.465 e. The summed E-state index contributed by atoms with van der Waals surface area (Å²) < 4.78 is 4.66. The number of hydrogen-bond donors (Lipinski definition) is 1. The van der Waals surface area contributed by atoms with Gasteiger partial charge in [0.25, 0.3) is 0 Å². The van der Waals surface area contributed by atoms with E-state index in [1.54, 1.807) is 29.2 Å². The van der Waals surface area contributed by atoms with Crippen LogP contribution in [0.25, 0.3) is 0 Å². The average Bonchev–Trinajstić information content (AvgIpc) is 2.68. The summed E-state index contributed by atoms with van der Waals surface area (Å²) >= 11 is 0. The number of esters is 1. The number of carbonyl (C=O) groups is 3. The van der Waals surface area contributed by atoms with Gasteiger partial charge in [-0.1, -0.05) is 32.0 Å². The van der Waals surface area contributed by atoms with Gasteiger partial charge < -0.3 is 15.0 Å². The molecular formula is C23H28N2O4. The molecule has 2 aromatic rings. The smallest absolute Gasteiger partial charge is 0.337 e. The summed E-state index contributed by atoms with van der Waals surface area (Å²) in [5.41, 5.74) is 3.96. The van der Waals surface area contributed by atoms with Crippen molar-refractivity contribution in [1.82, 2.24) is 0 Å². The monoisotopic (exact) mass is 396 g/mol. The summed E-state index contributed by atoms with van der Waals surface area (Å²) in [4.78, 5) is 37.9. The van der Waals surface area contributed by atoms with E-state index in [1.807, 2.05) is 25.1 Å². The first-order chi connectivity index (χ1) is 13.7. The van der Waals surface area contributed by atoms with Crippen LogP contribution in [-0.2, 0) is 14.3 Å². The summed E-state index contributed by atoms with van der Waals surface area (Å²) in [7, 11) is 1.32. The molecule has 1 N–H and O–H groups in total. The van der Waals surface area contributed by atoms with Gasteiger partial charge in [0.05, 0.1) is 12.7 Å². The van der Waals surface area contributed by atoms with E-state index >= 15 is 0 Å². The van der Waals surface area contributed by atoms with E-state index in [0.29, 0.717) is 11.3 Å². The van der Waals surface area contributed by atoms with Crippen LogP contribution in [0.15, 0.2) is 42.5 Å². The predicted octanol–water partition coefficient (Wildman–Crippen LogP) is 4.29. The van der Waals surface area contributed by atoms with Crippen molar-refractivity contribution in [3.8, 4) is 0 Å². The number of nitrogens with zero attached hydrogens (tertiary/aromatic N) is 1. The Kier molecular flexibility index (Phi) is 7.53. The molecule has 2 amide bonds. The topological polar surface area (TPSA) is 75.7 Å². The van der Waals surface area contributed by atoms with Crippen molar-refractivity contribution < 1.29 is 19.1 Å². The summed E-state index contributed by atoms with van der Waals surface area (Å²) in [6.07, 6.45) is 0.157. The molecule has 0 bridgehead atoms. The molecule has 0 aromatic heterocycles. The van der Waals surface area contributed by atoms with Gasteiger partial charge in [-0.3, -0.25) is 9.59 Å². The van der Waals surface area contributed by atoms with Crippen LogP contribution >= 0.6 is 0 Å². The van der Waals surface area contributed by atoms with E-state index in [9.17, 15) is 14.4 Å². The summed E-state index contributed by atoms with van der Waals surface area (Å²) in [5, 5.41) is 2.79. The molecule has 0 atom stereocenters. The molecule has 29 heavy (non-hydrogen) atoms. The molecular weight excluding hydrogens is 368 g/mol. The highest BCUT2D eigenvalue weighted by Crippen LogP contribution is 2.31. The second kappa shape index (κ2) is 9.87. The Morgan fingerprint density at radius 1 is 1.07 bits per heavy atom. The Morgan fingerprint density at radius 3 is 2.28 bits per heavy atom. The Hall–Kier alpha value is -3.15. The van der Waals surface area contributed by atoms with E-state index in [2.05, 4.69) is 23.9 Å². The van der Waals surface area contributed by atoms with Gasteiger partial charge in [-0.2, -0.15) is 0 Å². The highest BCUT2D eigenvalue weighted by atomic mass is 16.5. The first-order valence-electron chi connectivity index (χ1n) is 9.60. The van der Waals surface area contributed by atoms with Gasteiger partial charge in [0.15, 0.2) is 0 Å². The lowest BCUT2D eigenvalue weighted by atomic mass is 9.97. The lowest BCUT2D eigenvalue weighted by Gasteiger charge is -2.27. The van der Waals surface area contributed by atoms with Crippen LogP contribution in [0, 0.1) is 6.92 Å². The Bertz CT molecular complexity index is 888. The number of rotatable bonds is 7. The first kappa shape index (κ1) is 22.1. The highest BCUT2D eigenvalue weighted by Gasteiger charge is 2.20. The van der Waals surface area contributed by atoms with Crippen molar-refractivity contribution >= 4 is 29.2 Å². The standard InChI is InChI=1S/C23H28N2O4/c1-15(2)20-8-6-7-16(3)22(20)25(17(4)26)14-13-21(27)24-19-11-9-18(10-12-19)23(28)29-5/h6-12,15H,13-14H2,1-5H3,(H,24,27). The third kappa shape index (κ3) is 5.67. The van der Waals surface area contributed by atoms with Crippen molar-refractivity contribution in [2.45, 2.75) is 40.0 Å². The molecule has 6 nitrogen and oxygen atoms in total. The van der Waals surface area contributed by atoms with Crippen LogP contribution in [0.3, 0.4) is 0 Å². The Balaban J connectivity index is 2.09. The van der Waals surface area contributed by atoms with E-state index in [4.69, 9.17) is 0 Å². The predicted molar refractivity (Wildman–Crippen MR) is 114 cm³/mol. The minimum absolute atomic E-state index is 0.101. The zero-order chi connectivity index (χ0) is 21.6.